The molecule has 37 heteroatoms. The van der Waals surface area contributed by atoms with E-state index in [-0.39, 0.29) is 94.0 Å². The molecule has 1 unspecified atom stereocenters. The third-order valence-electron chi connectivity index (χ3n) is 23.0. The first-order chi connectivity index (χ1) is 66.2. The molecule has 7 heterocycles. The van der Waals surface area contributed by atoms with E-state index in [9.17, 15) is 80.3 Å². The number of alkyl halides is 3. The van der Waals surface area contributed by atoms with E-state index in [2.05, 4.69) is 35.2 Å². The van der Waals surface area contributed by atoms with Gasteiger partial charge in [-0.3, -0.25) is 38.6 Å². The number of carboxylic acid groups (broad SMARTS) is 1. The number of halogens is 3. The van der Waals surface area contributed by atoms with Gasteiger partial charge in [-0.1, -0.05) is 177 Å². The lowest BCUT2D eigenvalue weighted by Gasteiger charge is -2.34. The van der Waals surface area contributed by atoms with E-state index in [1.165, 1.54) is 25.9 Å². The van der Waals surface area contributed by atoms with Gasteiger partial charge >= 0.3 is 60.4 Å². The SMILES string of the molecule is C.C=CCC1CC[C@@H](C(=O)OCc2ccccc2)N1C(=O)[C@H](CC=C)NC(=O)OC(C)(C)C.CC(C)(C)OC(=O)N[C@H]1C/C=C\C[C@H]2CC[C@@H](C(=O)OCc3ccccc3)N2C1=O.C[C@@H](C(=O)N[C@H]1C/C=C\C[C@H]2CC[C@@H](C(=O)OCc3ccccc3)N2C1=O)N(C)C(=O)OC(C)(C)C.C[C@@H](C(=O)O)N(C)C(=O)OC(C)(C)C.N[C@H]1C/C=C\C[C@H]2CC[C@@H](C(=O)OCc3ccccc3)N2C1=O.O=CC(F)(F)F. The first kappa shape index (κ1) is 119. The summed E-state index contributed by atoms with van der Waals surface area (Å²) in [5.41, 5.74) is 6.85. The normalized spacial score (nSPS) is 21.9. The summed E-state index contributed by atoms with van der Waals surface area (Å²) < 4.78 is 74.2. The molecule has 4 saturated heterocycles. The van der Waals surface area contributed by atoms with E-state index in [0.29, 0.717) is 77.0 Å². The van der Waals surface area contributed by atoms with E-state index in [1.54, 1.807) is 122 Å². The average Bonchev–Trinajstić information content (AvgIpc) is 1.66. The highest BCUT2D eigenvalue weighted by Gasteiger charge is 2.49. The Morgan fingerprint density at radius 3 is 1.11 bits per heavy atom. The van der Waals surface area contributed by atoms with Gasteiger partial charge in [-0.2, -0.15) is 13.2 Å². The summed E-state index contributed by atoms with van der Waals surface area (Å²) in [6, 6.07) is 30.0. The number of aliphatic carboxylic acids is 1. The van der Waals surface area contributed by atoms with E-state index < -0.39 is 149 Å². The number of benzene rings is 4. The Morgan fingerprint density at radius 1 is 0.451 bits per heavy atom. The number of fused-ring (bicyclic) bond motifs is 3. The van der Waals surface area contributed by atoms with Gasteiger partial charge in [0.2, 0.25) is 35.8 Å². The Hall–Kier alpha value is -13.2. The number of hydrogen-bond acceptors (Lipinski definition) is 24. The van der Waals surface area contributed by atoms with Crippen LogP contribution in [0.25, 0.3) is 0 Å². The number of esters is 4. The third kappa shape index (κ3) is 39.7. The summed E-state index contributed by atoms with van der Waals surface area (Å²) >= 11 is 0. The second kappa shape index (κ2) is 56.4. The van der Waals surface area contributed by atoms with Gasteiger partial charge in [0.05, 0.1) is 6.04 Å². The van der Waals surface area contributed by atoms with Crippen LogP contribution in [0.4, 0.5) is 32.3 Å². The fourth-order valence-electron chi connectivity index (χ4n) is 15.9. The molecule has 0 spiro atoms. The highest BCUT2D eigenvalue weighted by Crippen LogP contribution is 2.36. The predicted molar refractivity (Wildman–Crippen MR) is 524 cm³/mol. The number of carboxylic acids is 1. The lowest BCUT2D eigenvalue weighted by Crippen LogP contribution is -2.57. The Kier molecular flexibility index (Phi) is 47.4. The molecule has 780 valence electrons. The van der Waals surface area contributed by atoms with E-state index in [0.717, 1.165) is 46.4 Å². The summed E-state index contributed by atoms with van der Waals surface area (Å²) in [7, 11) is 2.88. The van der Waals surface area contributed by atoms with Gasteiger partial charge in [-0.05, 0) is 222 Å². The maximum Gasteiger partial charge on any atom is 0.446 e. The number of nitrogens with one attached hydrogen (secondary N) is 3. The molecule has 4 aromatic carbocycles. The van der Waals surface area contributed by atoms with Crippen LogP contribution < -0.4 is 21.7 Å². The second-order valence-corrected chi connectivity index (χ2v) is 38.8. The van der Waals surface area contributed by atoms with Crippen LogP contribution in [0, 0.1) is 0 Å². The van der Waals surface area contributed by atoms with Crippen molar-refractivity contribution >= 4 is 90.0 Å². The van der Waals surface area contributed by atoms with Crippen molar-refractivity contribution in [3.63, 3.8) is 0 Å². The number of nitrogens with zero attached hydrogens (tertiary/aromatic N) is 6. The zero-order valence-corrected chi connectivity index (χ0v) is 83.6. The van der Waals surface area contributed by atoms with Crippen molar-refractivity contribution < 1.29 is 128 Å². The van der Waals surface area contributed by atoms with Crippen molar-refractivity contribution in [3.8, 4) is 0 Å². The second-order valence-electron chi connectivity index (χ2n) is 38.8. The van der Waals surface area contributed by atoms with Gasteiger partial charge in [0.1, 0.15) is 103 Å². The zero-order chi connectivity index (χ0) is 105. The molecular formula is C105H145F3N10O24. The standard InChI is InChI=1S/C27H37N3O6.C25H34N2O5.C23H30N2O5.C18H22N2O3.C9H17NO4.C2HF3O.CH4/c1-18(29(5)26(34)36-27(2,3)4)23(31)28-21-14-10-9-13-20-15-16-22(30(20)24(21)32)25(33)35-17-19-11-7-6-8-12-19;1-6-11-19-15-16-21(23(29)31-17-18-13-9-8-10-14-18)27(19)22(28)20(12-7-2)26-24(30)32-25(3,4)5;1-23(2,3)30-22(28)24-18-12-8-7-11-17-13-14-19(25(17)20(18)26)21(27)29-15-16-9-5-4-6-10-16;19-15-9-5-4-8-14-10-11-16(20(14)17(15)21)18(22)23-12-13-6-2-1-3-7-13;1-6(7(11)12)10(5)8(13)14-9(2,3)4;3-2(4,5)1-6;/h6-12,18,20-22H,13-17H2,1-5H3,(H,28,31);6-10,13-14,19-21H,1-2,11-12,15-17H2,3-5H3,(H,26,30);4-10,17-19H,11-15H2,1-3H3,(H,24,28);1-7,14-16H,8-12,19H2;6H,1-5H3,(H,11,12);1H;1H4/b10-9-;;8-7-;5-4-;;;/t18-,20-,21-,22-;19?,20-,21-;17-,18-,19-;14-,15-,16-;6-;;/m00000../s1. The van der Waals surface area contributed by atoms with Crippen LogP contribution in [0.1, 0.15) is 229 Å². The number of carbonyl (C=O) groups excluding carboxylic acids is 14. The van der Waals surface area contributed by atoms with Crippen LogP contribution >= 0.6 is 0 Å². The molecule has 6 N–H and O–H groups in total. The zero-order valence-electron chi connectivity index (χ0n) is 83.6. The van der Waals surface area contributed by atoms with Crippen LogP contribution in [0.5, 0.6) is 0 Å². The number of rotatable bonds is 24. The molecule has 0 bridgehead atoms. The maximum atomic E-state index is 13.6. The number of alkyl carbamates (subject to hydrolysis) is 2. The molecule has 0 saturated carbocycles. The van der Waals surface area contributed by atoms with Gasteiger partial charge in [-0.25, -0.2) is 43.2 Å². The van der Waals surface area contributed by atoms with Gasteiger partial charge in [-0.15, -0.1) is 13.2 Å². The van der Waals surface area contributed by atoms with Gasteiger partial charge in [0, 0.05) is 38.3 Å². The number of likely N-dealkylation sites (N-methyl/N-ethyl adjacent to an activating group) is 2. The van der Waals surface area contributed by atoms with Crippen molar-refractivity contribution in [2.75, 3.05) is 14.1 Å². The Balaban J connectivity index is 0.000000315. The largest absolute Gasteiger partial charge is 0.480 e. The number of hydrogen-bond donors (Lipinski definition) is 5. The summed E-state index contributed by atoms with van der Waals surface area (Å²) in [5.74, 6) is -4.26. The van der Waals surface area contributed by atoms with Crippen LogP contribution in [0.3, 0.4) is 0 Å². The highest BCUT2D eigenvalue weighted by atomic mass is 19.4. The summed E-state index contributed by atoms with van der Waals surface area (Å²) in [4.78, 5) is 193. The molecule has 9 amide bonds. The van der Waals surface area contributed by atoms with Crippen molar-refractivity contribution in [3.05, 3.63) is 205 Å². The Morgan fingerprint density at radius 2 is 0.768 bits per heavy atom. The van der Waals surface area contributed by atoms with Crippen LogP contribution in [-0.4, -0.2) is 252 Å². The monoisotopic (exact) mass is 1990 g/mol. The molecule has 7 aliphatic heterocycles. The summed E-state index contributed by atoms with van der Waals surface area (Å²) in [6.07, 6.45) is 15.9. The minimum Gasteiger partial charge on any atom is -0.480 e. The number of aldehydes is 1. The lowest BCUT2D eigenvalue weighted by molar-refractivity contribution is -0.156. The molecule has 7 aliphatic rings. The van der Waals surface area contributed by atoms with Gasteiger partial charge in [0.25, 0.3) is 0 Å². The van der Waals surface area contributed by atoms with Crippen molar-refractivity contribution in [2.45, 2.75) is 347 Å². The summed E-state index contributed by atoms with van der Waals surface area (Å²) in [5, 5.41) is 16.7. The molecule has 11 rings (SSSR count). The first-order valence-electron chi connectivity index (χ1n) is 47.3. The van der Waals surface area contributed by atoms with Crippen LogP contribution in [0.15, 0.2) is 183 Å². The molecule has 14 atom stereocenters. The number of nitrogens with two attached hydrogens (primary N) is 1. The Bertz CT molecular complexity index is 4940. The number of likely N-dealkylation sites (tertiary alicyclic amines) is 1. The summed E-state index contributed by atoms with van der Waals surface area (Å²) in [6.45, 7) is 32.1. The van der Waals surface area contributed by atoms with Gasteiger partial charge in [0.15, 0.2) is 0 Å². The topological polar surface area (TPSA) is 432 Å². The highest BCUT2D eigenvalue weighted by molar-refractivity contribution is 5.95. The molecule has 4 fully saturated rings. The van der Waals surface area contributed by atoms with E-state index >= 15 is 0 Å². The minimum absolute atomic E-state index is 0. The molecule has 0 aromatic heterocycles. The van der Waals surface area contributed by atoms with Crippen molar-refractivity contribution in [1.29, 1.82) is 0 Å². The van der Waals surface area contributed by atoms with Crippen molar-refractivity contribution in [2.24, 2.45) is 5.73 Å². The predicted octanol–water partition coefficient (Wildman–Crippen LogP) is 15.1. The minimum atomic E-state index is -4.64. The number of amides is 9. The van der Waals surface area contributed by atoms with Gasteiger partial charge < -0.3 is 84.3 Å². The molecular weight excluding hydrogens is 1840 g/mol. The molecule has 0 radical (unpaired) electrons. The van der Waals surface area contributed by atoms with Crippen LogP contribution in [-0.2, 0) is 117 Å². The van der Waals surface area contributed by atoms with E-state index in [4.69, 9.17) is 53.5 Å². The third-order valence-corrected chi connectivity index (χ3v) is 23.0. The fraction of sp³-hybridized carbons (Fsp3) is 0.533. The Labute approximate surface area is 831 Å². The molecule has 0 aliphatic carbocycles. The van der Waals surface area contributed by atoms with E-state index in [1.807, 2.05) is 152 Å². The fourth-order valence-corrected chi connectivity index (χ4v) is 15.9. The average molecular weight is 1990 g/mol. The maximum absolute atomic E-state index is 13.6. The number of carbonyl (C=O) groups is 15. The smallest absolute Gasteiger partial charge is 0.446 e. The molecule has 34 nitrogen and oxygen atoms in total. The van der Waals surface area contributed by atoms with Crippen molar-refractivity contribution in [1.82, 2.24) is 45.3 Å². The van der Waals surface area contributed by atoms with Crippen LogP contribution in [0.2, 0.25) is 0 Å². The number of ether oxygens (including phenoxy) is 8. The lowest BCUT2D eigenvalue weighted by atomic mass is 10.0. The molecule has 4 aromatic rings. The quantitative estimate of drug-likeness (QED) is 0.0188. The molecule has 142 heavy (non-hydrogen) atoms. The first-order valence-corrected chi connectivity index (χ1v) is 47.3.